The average Bonchev–Trinajstić information content (AvgIpc) is 2.19. The van der Waals surface area contributed by atoms with Crippen molar-refractivity contribution in [2.24, 2.45) is 0 Å². The van der Waals surface area contributed by atoms with Gasteiger partial charge in [-0.05, 0) is 6.55 Å². The zero-order valence-electron chi connectivity index (χ0n) is 6.80. The van der Waals surface area contributed by atoms with Crippen LogP contribution in [-0.2, 0) is 0 Å². The first-order valence-corrected chi connectivity index (χ1v) is 4.76. The number of benzene rings is 1. The van der Waals surface area contributed by atoms with Gasteiger partial charge in [-0.1, -0.05) is 0 Å². The summed E-state index contributed by atoms with van der Waals surface area (Å²) < 4.78 is 67.2. The molecule has 1 aromatic carbocycles. The minimum absolute atomic E-state index is 0.418. The summed E-state index contributed by atoms with van der Waals surface area (Å²) in [5, 5.41) is 0. The van der Waals surface area contributed by atoms with Gasteiger partial charge in [0.25, 0.3) is 0 Å². The number of hydrogen-bond acceptors (Lipinski definition) is 1. The van der Waals surface area contributed by atoms with E-state index in [4.69, 9.17) is 0 Å². The topological polar surface area (TPSA) is 9.23 Å². The highest BCUT2D eigenvalue weighted by molar-refractivity contribution is 6.26. The Balaban J connectivity index is 3.43. The van der Waals surface area contributed by atoms with Crippen LogP contribution in [0.3, 0.4) is 0 Å². The molecule has 0 heterocycles. The lowest BCUT2D eigenvalue weighted by molar-refractivity contribution is 0.351. The van der Waals surface area contributed by atoms with Crippen molar-refractivity contribution in [1.29, 1.82) is 0 Å². The van der Waals surface area contributed by atoms with Crippen LogP contribution in [-0.4, -0.2) is 9.76 Å². The maximum absolute atomic E-state index is 12.7. The molecule has 0 saturated carbocycles. The van der Waals surface area contributed by atoms with Gasteiger partial charge >= 0.3 is 9.76 Å². The fourth-order valence-electron chi connectivity index (χ4n) is 0.776. The van der Waals surface area contributed by atoms with E-state index in [1.807, 2.05) is 0 Å². The Morgan fingerprint density at radius 2 is 1.14 bits per heavy atom. The summed E-state index contributed by atoms with van der Waals surface area (Å²) >= 11 is 0. The Kier molecular flexibility index (Phi) is 3.09. The third-order valence-electron chi connectivity index (χ3n) is 1.37. The van der Waals surface area contributed by atoms with Crippen LogP contribution in [0.2, 0.25) is 6.55 Å². The van der Waals surface area contributed by atoms with Crippen molar-refractivity contribution in [2.45, 2.75) is 6.55 Å². The maximum Gasteiger partial charge on any atom is 0.307 e. The van der Waals surface area contributed by atoms with Crippen LogP contribution in [0.25, 0.3) is 0 Å². The van der Waals surface area contributed by atoms with Crippen molar-refractivity contribution < 1.29 is 26.4 Å². The van der Waals surface area contributed by atoms with E-state index >= 15 is 0 Å². The summed E-state index contributed by atoms with van der Waals surface area (Å²) in [4.78, 5) is 0. The quantitative estimate of drug-likeness (QED) is 0.326. The first-order valence-electron chi connectivity index (χ1n) is 3.35. The maximum atomic E-state index is 12.7. The Morgan fingerprint density at radius 1 is 0.786 bits per heavy atom. The third kappa shape index (κ3) is 1.59. The average molecular weight is 226 g/mol. The van der Waals surface area contributed by atoms with Gasteiger partial charge in [-0.25, -0.2) is 13.2 Å². The van der Waals surface area contributed by atoms with E-state index in [1.165, 1.54) is 6.55 Å². The largest absolute Gasteiger partial charge is 0.537 e. The van der Waals surface area contributed by atoms with E-state index in [9.17, 15) is 22.0 Å². The summed E-state index contributed by atoms with van der Waals surface area (Å²) in [5.74, 6) is -11.3. The zero-order chi connectivity index (χ0) is 10.9. The van der Waals surface area contributed by atoms with E-state index in [1.54, 1.807) is 0 Å². The van der Waals surface area contributed by atoms with Gasteiger partial charge in [0.15, 0.2) is 5.75 Å². The van der Waals surface area contributed by atoms with Crippen LogP contribution in [0.5, 0.6) is 5.75 Å². The van der Waals surface area contributed by atoms with E-state index < -0.39 is 44.6 Å². The van der Waals surface area contributed by atoms with E-state index in [0.717, 1.165) is 0 Å². The molecule has 0 aliphatic carbocycles. The van der Waals surface area contributed by atoms with E-state index in [-0.39, 0.29) is 0 Å². The Morgan fingerprint density at radius 3 is 1.50 bits per heavy atom. The summed E-state index contributed by atoms with van der Waals surface area (Å²) in [5.41, 5.74) is 0. The molecule has 0 saturated heterocycles. The lowest BCUT2D eigenvalue weighted by Crippen LogP contribution is -2.07. The van der Waals surface area contributed by atoms with Gasteiger partial charge in [-0.2, -0.15) is 8.78 Å². The summed E-state index contributed by atoms with van der Waals surface area (Å²) in [6.07, 6.45) is 0. The molecular weight excluding hydrogens is 223 g/mol. The minimum Gasteiger partial charge on any atom is -0.537 e. The summed E-state index contributed by atoms with van der Waals surface area (Å²) in [7, 11) is -0.418. The molecule has 0 N–H and O–H groups in total. The van der Waals surface area contributed by atoms with Gasteiger partial charge in [-0.15, -0.1) is 0 Å². The van der Waals surface area contributed by atoms with E-state index in [2.05, 4.69) is 4.43 Å². The molecule has 0 spiro atoms. The predicted octanol–water partition coefficient (Wildman–Crippen LogP) is 2.43. The molecule has 0 aliphatic rings. The second-order valence-electron chi connectivity index (χ2n) is 2.21. The summed E-state index contributed by atoms with van der Waals surface area (Å²) in [6.45, 7) is 1.39. The lowest BCUT2D eigenvalue weighted by Gasteiger charge is -2.07. The second-order valence-corrected chi connectivity index (χ2v) is 2.82. The van der Waals surface area contributed by atoms with Gasteiger partial charge in [0.1, 0.15) is 0 Å². The third-order valence-corrected chi connectivity index (χ3v) is 1.78. The standard InChI is InChI=1S/C7H3F5OSi/c1-14-13-7-5(11)3(9)2(8)4(10)6(7)12/h1H3. The molecule has 0 aromatic heterocycles. The van der Waals surface area contributed by atoms with Crippen molar-refractivity contribution in [3.05, 3.63) is 29.1 Å². The second kappa shape index (κ2) is 3.95. The Labute approximate surface area is 78.4 Å². The van der Waals surface area contributed by atoms with Crippen molar-refractivity contribution >= 4 is 9.76 Å². The highest BCUT2D eigenvalue weighted by Crippen LogP contribution is 2.28. The first kappa shape index (κ1) is 11.0. The fraction of sp³-hybridized carbons (Fsp3) is 0.143. The molecule has 76 valence electrons. The van der Waals surface area contributed by atoms with Crippen LogP contribution < -0.4 is 4.43 Å². The van der Waals surface area contributed by atoms with Crippen LogP contribution in [0.4, 0.5) is 22.0 Å². The molecule has 0 aliphatic heterocycles. The van der Waals surface area contributed by atoms with Crippen LogP contribution >= 0.6 is 0 Å². The molecule has 1 aromatic rings. The van der Waals surface area contributed by atoms with Crippen molar-refractivity contribution in [3.63, 3.8) is 0 Å². The van der Waals surface area contributed by atoms with Crippen molar-refractivity contribution in [2.75, 3.05) is 0 Å². The summed E-state index contributed by atoms with van der Waals surface area (Å²) in [6, 6.07) is 0. The Bertz CT molecular complexity index is 339. The molecule has 0 atom stereocenters. The SMILES string of the molecule is C[Si]Oc1c(F)c(F)c(F)c(F)c1F. The molecule has 1 nitrogen and oxygen atoms in total. The Hall–Kier alpha value is -1.11. The van der Waals surface area contributed by atoms with Crippen LogP contribution in [0, 0.1) is 29.1 Å². The zero-order valence-corrected chi connectivity index (χ0v) is 7.80. The predicted molar refractivity (Wildman–Crippen MR) is 38.5 cm³/mol. The highest BCUT2D eigenvalue weighted by atomic mass is 28.2. The molecule has 0 unspecified atom stereocenters. The van der Waals surface area contributed by atoms with E-state index in [0.29, 0.717) is 0 Å². The first-order chi connectivity index (χ1) is 6.50. The van der Waals surface area contributed by atoms with Gasteiger partial charge in [0, 0.05) is 0 Å². The molecular formula is C7H3F5OSi. The van der Waals surface area contributed by atoms with Crippen LogP contribution in [0.15, 0.2) is 0 Å². The lowest BCUT2D eigenvalue weighted by atomic mass is 10.3. The van der Waals surface area contributed by atoms with Crippen molar-refractivity contribution in [1.82, 2.24) is 0 Å². The molecule has 0 bridgehead atoms. The molecule has 14 heavy (non-hydrogen) atoms. The number of hydrogen-bond donors (Lipinski definition) is 0. The monoisotopic (exact) mass is 226 g/mol. The molecule has 0 fully saturated rings. The van der Waals surface area contributed by atoms with Gasteiger partial charge in [0.05, 0.1) is 0 Å². The molecule has 1 rings (SSSR count). The fourth-order valence-corrected chi connectivity index (χ4v) is 1.16. The number of halogens is 5. The molecule has 7 heteroatoms. The van der Waals surface area contributed by atoms with Crippen molar-refractivity contribution in [3.8, 4) is 5.75 Å². The van der Waals surface area contributed by atoms with Crippen LogP contribution in [0.1, 0.15) is 0 Å². The minimum atomic E-state index is -2.19. The molecule has 2 radical (unpaired) electrons. The number of rotatable bonds is 2. The molecule has 0 amide bonds. The van der Waals surface area contributed by atoms with Gasteiger partial charge < -0.3 is 4.43 Å². The van der Waals surface area contributed by atoms with Gasteiger partial charge in [0.2, 0.25) is 29.1 Å². The highest BCUT2D eigenvalue weighted by Gasteiger charge is 2.26. The normalized spacial score (nSPS) is 10.4. The smallest absolute Gasteiger partial charge is 0.307 e. The van der Waals surface area contributed by atoms with Gasteiger partial charge in [-0.3, -0.25) is 0 Å².